The summed E-state index contributed by atoms with van der Waals surface area (Å²) >= 11 is 0. The van der Waals surface area contributed by atoms with Gasteiger partial charge in [0.05, 0.1) is 6.61 Å². The summed E-state index contributed by atoms with van der Waals surface area (Å²) in [6, 6.07) is 3.89. The van der Waals surface area contributed by atoms with E-state index in [1.807, 2.05) is 0 Å². The maximum Gasteiger partial charge on any atom is 0.341 e. The number of nitrogens with zero attached hydrogens (tertiary/aromatic N) is 3. The Morgan fingerprint density at radius 1 is 1.41 bits per heavy atom. The second-order valence-electron chi connectivity index (χ2n) is 5.69. The van der Waals surface area contributed by atoms with Gasteiger partial charge >= 0.3 is 5.97 Å². The summed E-state index contributed by atoms with van der Waals surface area (Å²) in [5.41, 5.74) is 0.495. The summed E-state index contributed by atoms with van der Waals surface area (Å²) in [5, 5.41) is 3.29. The van der Waals surface area contributed by atoms with Gasteiger partial charge in [-0.1, -0.05) is 0 Å². The summed E-state index contributed by atoms with van der Waals surface area (Å²) < 4.78 is 5.07. The molecule has 0 bridgehead atoms. The van der Waals surface area contributed by atoms with E-state index in [0.29, 0.717) is 24.0 Å². The molecule has 1 N–H and O–H groups in total. The fraction of sp³-hybridized carbons (Fsp3) is 0.625. The van der Waals surface area contributed by atoms with Crippen LogP contribution >= 0.6 is 0 Å². The topological polar surface area (TPSA) is 57.7 Å². The third-order valence-corrected chi connectivity index (χ3v) is 4.03. The van der Waals surface area contributed by atoms with Gasteiger partial charge in [0.1, 0.15) is 11.4 Å². The molecule has 0 amide bonds. The highest BCUT2D eigenvalue weighted by Crippen LogP contribution is 2.14. The van der Waals surface area contributed by atoms with Crippen LogP contribution < -0.4 is 5.32 Å². The van der Waals surface area contributed by atoms with Crippen molar-refractivity contribution in [3.8, 4) is 0 Å². The lowest BCUT2D eigenvalue weighted by Gasteiger charge is -2.36. The summed E-state index contributed by atoms with van der Waals surface area (Å²) in [4.78, 5) is 21.0. The maximum atomic E-state index is 11.9. The van der Waals surface area contributed by atoms with Crippen LogP contribution in [0.3, 0.4) is 0 Å². The number of ether oxygens (including phenoxy) is 1. The zero-order valence-corrected chi connectivity index (χ0v) is 13.7. The van der Waals surface area contributed by atoms with Crippen LogP contribution in [0, 0.1) is 0 Å². The number of carbonyl (C=O) groups is 1. The Bertz CT molecular complexity index is 487. The molecule has 2 heterocycles. The standard InChI is InChI=1S/C16H26N4O2/c1-4-22-16(21)14-6-5-7-17-15(14)18-12-13(2)20-10-8-19(3)9-11-20/h5-7,13H,4,8-12H2,1-3H3,(H,17,18). The summed E-state index contributed by atoms with van der Waals surface area (Å²) in [6.07, 6.45) is 1.69. The van der Waals surface area contributed by atoms with Crippen molar-refractivity contribution in [3.05, 3.63) is 23.9 Å². The van der Waals surface area contributed by atoms with E-state index in [4.69, 9.17) is 4.74 Å². The second kappa shape index (κ2) is 8.10. The summed E-state index contributed by atoms with van der Waals surface area (Å²) in [5.74, 6) is 0.271. The normalized spacial score (nSPS) is 18.0. The molecule has 6 heteroatoms. The van der Waals surface area contributed by atoms with Crippen molar-refractivity contribution in [2.45, 2.75) is 19.9 Å². The largest absolute Gasteiger partial charge is 0.462 e. The van der Waals surface area contributed by atoms with Gasteiger partial charge in [0.2, 0.25) is 0 Å². The number of aromatic nitrogens is 1. The van der Waals surface area contributed by atoms with Crippen LogP contribution in [0.1, 0.15) is 24.2 Å². The van der Waals surface area contributed by atoms with Gasteiger partial charge in [-0.3, -0.25) is 4.90 Å². The van der Waals surface area contributed by atoms with E-state index in [0.717, 1.165) is 32.7 Å². The molecule has 1 fully saturated rings. The van der Waals surface area contributed by atoms with Gasteiger partial charge in [0.25, 0.3) is 0 Å². The Morgan fingerprint density at radius 3 is 2.82 bits per heavy atom. The van der Waals surface area contributed by atoms with Crippen LogP contribution in [-0.4, -0.2) is 73.2 Å². The van der Waals surface area contributed by atoms with Gasteiger partial charge in [-0.2, -0.15) is 0 Å². The van der Waals surface area contributed by atoms with Crippen molar-refractivity contribution >= 4 is 11.8 Å². The molecule has 1 unspecified atom stereocenters. The molecule has 1 saturated heterocycles. The molecule has 0 spiro atoms. The fourth-order valence-electron chi connectivity index (χ4n) is 2.56. The van der Waals surface area contributed by atoms with Gasteiger partial charge < -0.3 is 15.0 Å². The first kappa shape index (κ1) is 16.7. The van der Waals surface area contributed by atoms with Crippen LogP contribution in [0.15, 0.2) is 18.3 Å². The Hall–Kier alpha value is -1.66. The summed E-state index contributed by atoms with van der Waals surface area (Å²) in [6.45, 7) is 9.47. The van der Waals surface area contributed by atoms with Crippen molar-refractivity contribution in [3.63, 3.8) is 0 Å². The smallest absolute Gasteiger partial charge is 0.341 e. The number of pyridine rings is 1. The molecular formula is C16H26N4O2. The first-order valence-corrected chi connectivity index (χ1v) is 7.90. The number of hydrogen-bond acceptors (Lipinski definition) is 6. The van der Waals surface area contributed by atoms with Crippen molar-refractivity contribution in [2.24, 2.45) is 0 Å². The Balaban J connectivity index is 1.92. The van der Waals surface area contributed by atoms with Crippen LogP contribution in [0.25, 0.3) is 0 Å². The third-order valence-electron chi connectivity index (χ3n) is 4.03. The molecule has 0 radical (unpaired) electrons. The van der Waals surface area contributed by atoms with Crippen LogP contribution in [0.5, 0.6) is 0 Å². The molecule has 2 rings (SSSR count). The predicted molar refractivity (Wildman–Crippen MR) is 87.2 cm³/mol. The molecule has 122 valence electrons. The number of carbonyl (C=O) groups excluding carboxylic acids is 1. The summed E-state index contributed by atoms with van der Waals surface area (Å²) in [7, 11) is 2.15. The Kier molecular flexibility index (Phi) is 6.15. The highest BCUT2D eigenvalue weighted by molar-refractivity contribution is 5.94. The molecular weight excluding hydrogens is 280 g/mol. The van der Waals surface area contributed by atoms with E-state index < -0.39 is 0 Å². The minimum absolute atomic E-state index is 0.328. The number of likely N-dealkylation sites (N-methyl/N-ethyl adjacent to an activating group) is 1. The van der Waals surface area contributed by atoms with Gasteiger partial charge in [-0.05, 0) is 33.0 Å². The molecule has 1 aliphatic rings. The molecule has 1 aromatic heterocycles. The van der Waals surface area contributed by atoms with E-state index >= 15 is 0 Å². The minimum atomic E-state index is -0.328. The molecule has 1 aromatic rings. The van der Waals surface area contributed by atoms with Crippen LogP contribution in [0.4, 0.5) is 5.82 Å². The van der Waals surface area contributed by atoms with E-state index in [1.54, 1.807) is 25.3 Å². The van der Waals surface area contributed by atoms with Gasteiger partial charge in [-0.25, -0.2) is 9.78 Å². The van der Waals surface area contributed by atoms with Crippen molar-refractivity contribution in [1.29, 1.82) is 0 Å². The molecule has 0 aromatic carbocycles. The van der Waals surface area contributed by atoms with Crippen LogP contribution in [0.2, 0.25) is 0 Å². The first-order valence-electron chi connectivity index (χ1n) is 7.90. The van der Waals surface area contributed by atoms with E-state index in [2.05, 4.69) is 34.1 Å². The SMILES string of the molecule is CCOC(=O)c1cccnc1NCC(C)N1CCN(C)CC1. The third kappa shape index (κ3) is 4.42. The maximum absolute atomic E-state index is 11.9. The number of piperazine rings is 1. The zero-order valence-electron chi connectivity index (χ0n) is 13.7. The highest BCUT2D eigenvalue weighted by atomic mass is 16.5. The van der Waals surface area contributed by atoms with Gasteiger partial charge in [0.15, 0.2) is 0 Å². The molecule has 6 nitrogen and oxygen atoms in total. The number of anilines is 1. The molecule has 1 atom stereocenters. The van der Waals surface area contributed by atoms with E-state index in [1.165, 1.54) is 0 Å². The number of hydrogen-bond donors (Lipinski definition) is 1. The predicted octanol–water partition coefficient (Wildman–Crippen LogP) is 1.31. The first-order chi connectivity index (χ1) is 10.6. The second-order valence-corrected chi connectivity index (χ2v) is 5.69. The monoisotopic (exact) mass is 306 g/mol. The van der Waals surface area contributed by atoms with Crippen molar-refractivity contribution in [1.82, 2.24) is 14.8 Å². The van der Waals surface area contributed by atoms with Crippen molar-refractivity contribution in [2.75, 3.05) is 51.7 Å². The lowest BCUT2D eigenvalue weighted by Crippen LogP contribution is -2.50. The number of rotatable bonds is 6. The fourth-order valence-corrected chi connectivity index (χ4v) is 2.56. The van der Waals surface area contributed by atoms with Crippen molar-refractivity contribution < 1.29 is 9.53 Å². The lowest BCUT2D eigenvalue weighted by atomic mass is 10.2. The number of esters is 1. The molecule has 0 aliphatic carbocycles. The zero-order chi connectivity index (χ0) is 15.9. The lowest BCUT2D eigenvalue weighted by molar-refractivity contribution is 0.0527. The van der Waals surface area contributed by atoms with Gasteiger partial charge in [0, 0.05) is 45.0 Å². The quantitative estimate of drug-likeness (QED) is 0.800. The van der Waals surface area contributed by atoms with Gasteiger partial charge in [-0.15, -0.1) is 0 Å². The molecule has 1 aliphatic heterocycles. The minimum Gasteiger partial charge on any atom is -0.462 e. The number of nitrogens with one attached hydrogen (secondary N) is 1. The van der Waals surface area contributed by atoms with Crippen LogP contribution in [-0.2, 0) is 4.74 Å². The molecule has 22 heavy (non-hydrogen) atoms. The average molecular weight is 306 g/mol. The molecule has 0 saturated carbocycles. The van der Waals surface area contributed by atoms with E-state index in [-0.39, 0.29) is 5.97 Å². The Morgan fingerprint density at radius 2 is 2.14 bits per heavy atom. The highest BCUT2D eigenvalue weighted by Gasteiger charge is 2.20. The Labute approximate surface area is 132 Å². The van der Waals surface area contributed by atoms with E-state index in [9.17, 15) is 4.79 Å². The average Bonchev–Trinajstić information content (AvgIpc) is 2.54.